The molecule has 2 fully saturated rings. The molecular formula is C15H29NO. The quantitative estimate of drug-likeness (QED) is 0.797. The van der Waals surface area contributed by atoms with Gasteiger partial charge < -0.3 is 10.0 Å². The molecule has 2 saturated carbocycles. The van der Waals surface area contributed by atoms with Crippen LogP contribution in [0.1, 0.15) is 52.9 Å². The third kappa shape index (κ3) is 3.96. The average Bonchev–Trinajstić information content (AvgIpc) is 3.06. The number of rotatable bonds is 5. The molecule has 2 nitrogen and oxygen atoms in total. The standard InChI is InChI=1S/C15H29NO/c1-4-16(10-12-5-6-12)11-13-9-15(2,3)8-7-14(13)17/h12-14,17H,4-11H2,1-3H3. The lowest BCUT2D eigenvalue weighted by Crippen LogP contribution is -2.41. The second-order valence-electron chi connectivity index (χ2n) is 7.03. The highest BCUT2D eigenvalue weighted by atomic mass is 16.3. The zero-order valence-electron chi connectivity index (χ0n) is 11.8. The van der Waals surface area contributed by atoms with E-state index in [4.69, 9.17) is 0 Å². The predicted molar refractivity (Wildman–Crippen MR) is 72.0 cm³/mol. The van der Waals surface area contributed by atoms with Crippen LogP contribution in [0.3, 0.4) is 0 Å². The Kier molecular flexibility index (Phi) is 4.14. The topological polar surface area (TPSA) is 23.5 Å². The second-order valence-corrected chi connectivity index (χ2v) is 7.03. The molecule has 0 aliphatic heterocycles. The Labute approximate surface area is 106 Å². The molecule has 2 aliphatic rings. The van der Waals surface area contributed by atoms with Crippen LogP contribution in [0.2, 0.25) is 0 Å². The summed E-state index contributed by atoms with van der Waals surface area (Å²) in [5, 5.41) is 10.2. The first kappa shape index (κ1) is 13.4. The fourth-order valence-corrected chi connectivity index (χ4v) is 3.24. The van der Waals surface area contributed by atoms with Crippen molar-refractivity contribution >= 4 is 0 Å². The number of hydrogen-bond donors (Lipinski definition) is 1. The summed E-state index contributed by atoms with van der Waals surface area (Å²) in [5.41, 5.74) is 0.433. The normalized spacial score (nSPS) is 33.0. The number of nitrogens with zero attached hydrogens (tertiary/aromatic N) is 1. The summed E-state index contributed by atoms with van der Waals surface area (Å²) in [6.07, 6.45) is 6.16. The van der Waals surface area contributed by atoms with E-state index in [1.54, 1.807) is 0 Å². The summed E-state index contributed by atoms with van der Waals surface area (Å²) in [7, 11) is 0. The van der Waals surface area contributed by atoms with E-state index < -0.39 is 0 Å². The number of aliphatic hydroxyl groups is 1. The van der Waals surface area contributed by atoms with Gasteiger partial charge in [0.1, 0.15) is 0 Å². The van der Waals surface area contributed by atoms with Crippen LogP contribution in [-0.4, -0.2) is 35.7 Å². The fraction of sp³-hybridized carbons (Fsp3) is 1.00. The Morgan fingerprint density at radius 2 is 1.88 bits per heavy atom. The van der Waals surface area contributed by atoms with Crippen molar-refractivity contribution < 1.29 is 5.11 Å². The van der Waals surface area contributed by atoms with Gasteiger partial charge in [-0.05, 0) is 55.9 Å². The van der Waals surface area contributed by atoms with E-state index in [0.29, 0.717) is 11.3 Å². The molecule has 2 atom stereocenters. The summed E-state index contributed by atoms with van der Waals surface area (Å²) in [6.45, 7) is 10.5. The molecule has 2 unspecified atom stereocenters. The molecule has 0 aromatic carbocycles. The lowest BCUT2D eigenvalue weighted by Gasteiger charge is -2.40. The maximum atomic E-state index is 10.2. The minimum Gasteiger partial charge on any atom is -0.393 e. The molecule has 0 aromatic heterocycles. The van der Waals surface area contributed by atoms with Crippen LogP contribution >= 0.6 is 0 Å². The third-order valence-electron chi connectivity index (χ3n) is 4.63. The van der Waals surface area contributed by atoms with Gasteiger partial charge in [-0.1, -0.05) is 20.8 Å². The van der Waals surface area contributed by atoms with E-state index in [1.165, 1.54) is 32.2 Å². The molecular weight excluding hydrogens is 210 g/mol. The molecule has 0 bridgehead atoms. The molecule has 0 saturated heterocycles. The first-order valence-electron chi connectivity index (χ1n) is 7.40. The molecule has 1 N–H and O–H groups in total. The van der Waals surface area contributed by atoms with Crippen LogP contribution in [0, 0.1) is 17.3 Å². The fourth-order valence-electron chi connectivity index (χ4n) is 3.24. The van der Waals surface area contributed by atoms with Crippen LogP contribution in [0.5, 0.6) is 0 Å². The monoisotopic (exact) mass is 239 g/mol. The third-order valence-corrected chi connectivity index (χ3v) is 4.63. The van der Waals surface area contributed by atoms with Gasteiger partial charge in [0, 0.05) is 13.1 Å². The SMILES string of the molecule is CCN(CC1CC1)CC1CC(C)(C)CCC1O. The lowest BCUT2D eigenvalue weighted by molar-refractivity contribution is 0.00429. The van der Waals surface area contributed by atoms with Crippen molar-refractivity contribution in [3.63, 3.8) is 0 Å². The van der Waals surface area contributed by atoms with Crippen molar-refractivity contribution in [3.8, 4) is 0 Å². The lowest BCUT2D eigenvalue weighted by atomic mass is 9.70. The highest BCUT2D eigenvalue weighted by Crippen LogP contribution is 2.39. The van der Waals surface area contributed by atoms with Crippen molar-refractivity contribution in [2.45, 2.75) is 59.0 Å². The molecule has 17 heavy (non-hydrogen) atoms. The predicted octanol–water partition coefficient (Wildman–Crippen LogP) is 2.91. The summed E-state index contributed by atoms with van der Waals surface area (Å²) in [5.74, 6) is 1.46. The van der Waals surface area contributed by atoms with Crippen LogP contribution in [0.15, 0.2) is 0 Å². The van der Waals surface area contributed by atoms with E-state index >= 15 is 0 Å². The van der Waals surface area contributed by atoms with E-state index in [1.807, 2.05) is 0 Å². The highest BCUT2D eigenvalue weighted by Gasteiger charge is 2.35. The summed E-state index contributed by atoms with van der Waals surface area (Å²) in [4.78, 5) is 2.56. The zero-order chi connectivity index (χ0) is 12.5. The van der Waals surface area contributed by atoms with Gasteiger partial charge in [0.2, 0.25) is 0 Å². The van der Waals surface area contributed by atoms with Crippen LogP contribution in [-0.2, 0) is 0 Å². The van der Waals surface area contributed by atoms with E-state index in [9.17, 15) is 5.11 Å². The Morgan fingerprint density at radius 3 is 2.47 bits per heavy atom. The molecule has 0 radical (unpaired) electrons. The van der Waals surface area contributed by atoms with Crippen molar-refractivity contribution in [2.24, 2.45) is 17.3 Å². The summed E-state index contributed by atoms with van der Waals surface area (Å²) >= 11 is 0. The maximum absolute atomic E-state index is 10.2. The molecule has 0 aromatic rings. The molecule has 0 heterocycles. The number of aliphatic hydroxyl groups excluding tert-OH is 1. The second kappa shape index (κ2) is 5.27. The Hall–Kier alpha value is -0.0800. The molecule has 0 spiro atoms. The van der Waals surface area contributed by atoms with Gasteiger partial charge in [-0.25, -0.2) is 0 Å². The van der Waals surface area contributed by atoms with E-state index in [2.05, 4.69) is 25.7 Å². The van der Waals surface area contributed by atoms with Crippen LogP contribution < -0.4 is 0 Å². The van der Waals surface area contributed by atoms with Gasteiger partial charge >= 0.3 is 0 Å². The van der Waals surface area contributed by atoms with Crippen molar-refractivity contribution in [3.05, 3.63) is 0 Å². The molecule has 2 heteroatoms. The first-order valence-corrected chi connectivity index (χ1v) is 7.40. The first-order chi connectivity index (χ1) is 8.00. The Morgan fingerprint density at radius 1 is 1.18 bits per heavy atom. The van der Waals surface area contributed by atoms with Gasteiger partial charge in [-0.15, -0.1) is 0 Å². The Bertz CT molecular complexity index is 247. The molecule has 2 aliphatic carbocycles. The van der Waals surface area contributed by atoms with E-state index in [-0.39, 0.29) is 6.10 Å². The van der Waals surface area contributed by atoms with Crippen LogP contribution in [0.4, 0.5) is 0 Å². The minimum atomic E-state index is -0.0590. The molecule has 0 amide bonds. The zero-order valence-corrected chi connectivity index (χ0v) is 11.8. The van der Waals surface area contributed by atoms with E-state index in [0.717, 1.165) is 25.4 Å². The van der Waals surface area contributed by atoms with Crippen molar-refractivity contribution in [1.82, 2.24) is 4.90 Å². The Balaban J connectivity index is 1.85. The van der Waals surface area contributed by atoms with Crippen LogP contribution in [0.25, 0.3) is 0 Å². The van der Waals surface area contributed by atoms with Gasteiger partial charge in [0.05, 0.1) is 6.10 Å². The van der Waals surface area contributed by atoms with Gasteiger partial charge in [-0.3, -0.25) is 0 Å². The average molecular weight is 239 g/mol. The maximum Gasteiger partial charge on any atom is 0.0581 e. The highest BCUT2D eigenvalue weighted by molar-refractivity contribution is 4.87. The van der Waals surface area contributed by atoms with Gasteiger partial charge in [0.25, 0.3) is 0 Å². The van der Waals surface area contributed by atoms with Crippen molar-refractivity contribution in [1.29, 1.82) is 0 Å². The number of hydrogen-bond acceptors (Lipinski definition) is 2. The molecule has 2 rings (SSSR count). The molecule has 100 valence electrons. The minimum absolute atomic E-state index is 0.0590. The smallest absolute Gasteiger partial charge is 0.0581 e. The van der Waals surface area contributed by atoms with Gasteiger partial charge in [0.15, 0.2) is 0 Å². The summed E-state index contributed by atoms with van der Waals surface area (Å²) in [6, 6.07) is 0. The van der Waals surface area contributed by atoms with Gasteiger partial charge in [-0.2, -0.15) is 0 Å². The summed E-state index contributed by atoms with van der Waals surface area (Å²) < 4.78 is 0. The largest absolute Gasteiger partial charge is 0.393 e. The van der Waals surface area contributed by atoms with Crippen molar-refractivity contribution in [2.75, 3.05) is 19.6 Å².